The summed E-state index contributed by atoms with van der Waals surface area (Å²) in [6.07, 6.45) is 3.12. The Labute approximate surface area is 77.3 Å². The Morgan fingerprint density at radius 2 is 2.31 bits per heavy atom. The minimum Gasteiger partial charge on any atom is -0.382 e. The second-order valence-electron chi connectivity index (χ2n) is 2.45. The van der Waals surface area contributed by atoms with Crippen LogP contribution >= 0.6 is 0 Å². The zero-order valence-electron chi connectivity index (χ0n) is 7.66. The van der Waals surface area contributed by atoms with Crippen molar-refractivity contribution in [2.75, 3.05) is 30.8 Å². The van der Waals surface area contributed by atoms with E-state index in [-0.39, 0.29) is 0 Å². The first-order valence-electron chi connectivity index (χ1n) is 4.22. The molecule has 0 aliphatic carbocycles. The Morgan fingerprint density at radius 3 is 2.92 bits per heavy atom. The van der Waals surface area contributed by atoms with Crippen LogP contribution in [0.1, 0.15) is 6.92 Å². The fraction of sp³-hybridized carbons (Fsp3) is 0.500. The van der Waals surface area contributed by atoms with Crippen molar-refractivity contribution < 1.29 is 4.74 Å². The van der Waals surface area contributed by atoms with E-state index >= 15 is 0 Å². The maximum atomic E-state index is 5.38. The van der Waals surface area contributed by atoms with Crippen molar-refractivity contribution in [1.82, 2.24) is 9.97 Å². The van der Waals surface area contributed by atoms with E-state index < -0.39 is 0 Å². The van der Waals surface area contributed by atoms with Crippen molar-refractivity contribution >= 4 is 11.6 Å². The van der Waals surface area contributed by atoms with Crippen LogP contribution in [0.15, 0.2) is 12.4 Å². The zero-order valence-corrected chi connectivity index (χ0v) is 7.66. The van der Waals surface area contributed by atoms with Gasteiger partial charge in [-0.3, -0.25) is 0 Å². The summed E-state index contributed by atoms with van der Waals surface area (Å²) in [5.41, 5.74) is 5.38. The third-order valence-corrected chi connectivity index (χ3v) is 1.43. The Kier molecular flexibility index (Phi) is 3.98. The van der Waals surface area contributed by atoms with E-state index in [1.807, 2.05) is 6.92 Å². The molecular weight excluding hydrogens is 168 g/mol. The van der Waals surface area contributed by atoms with Crippen LogP contribution in [-0.4, -0.2) is 29.7 Å². The summed E-state index contributed by atoms with van der Waals surface area (Å²) < 4.78 is 5.14. The van der Waals surface area contributed by atoms with Crippen LogP contribution in [0.5, 0.6) is 0 Å². The summed E-state index contributed by atoms with van der Waals surface area (Å²) in [7, 11) is 0. The highest BCUT2D eigenvalue weighted by molar-refractivity contribution is 5.35. The third-order valence-electron chi connectivity index (χ3n) is 1.43. The fourth-order valence-corrected chi connectivity index (χ4v) is 0.825. The molecule has 3 N–H and O–H groups in total. The predicted molar refractivity (Wildman–Crippen MR) is 51.4 cm³/mol. The molecule has 0 aliphatic heterocycles. The minimum atomic E-state index is 0.426. The smallest absolute Gasteiger partial charge is 0.144 e. The second-order valence-corrected chi connectivity index (χ2v) is 2.45. The first-order valence-corrected chi connectivity index (χ1v) is 4.22. The Morgan fingerprint density at radius 1 is 1.46 bits per heavy atom. The van der Waals surface area contributed by atoms with E-state index in [0.717, 1.165) is 13.2 Å². The van der Waals surface area contributed by atoms with E-state index in [2.05, 4.69) is 15.3 Å². The van der Waals surface area contributed by atoms with Crippen LogP contribution in [0.2, 0.25) is 0 Å². The van der Waals surface area contributed by atoms with Crippen molar-refractivity contribution in [2.24, 2.45) is 0 Å². The molecule has 0 radical (unpaired) electrons. The van der Waals surface area contributed by atoms with Gasteiger partial charge in [-0.1, -0.05) is 0 Å². The normalized spacial score (nSPS) is 9.92. The predicted octanol–water partition coefficient (Wildman–Crippen LogP) is 0.507. The number of ether oxygens (including phenoxy) is 1. The highest BCUT2D eigenvalue weighted by atomic mass is 16.5. The number of anilines is 2. The molecule has 0 bridgehead atoms. The van der Waals surface area contributed by atoms with E-state index in [4.69, 9.17) is 10.5 Å². The molecule has 0 atom stereocenters. The molecule has 0 aliphatic rings. The van der Waals surface area contributed by atoms with Gasteiger partial charge >= 0.3 is 0 Å². The summed E-state index contributed by atoms with van der Waals surface area (Å²) in [6.45, 7) is 4.09. The van der Waals surface area contributed by atoms with E-state index in [9.17, 15) is 0 Å². The number of nitrogen functional groups attached to an aromatic ring is 1. The van der Waals surface area contributed by atoms with Crippen LogP contribution in [0.3, 0.4) is 0 Å². The molecular formula is C8H14N4O. The molecule has 0 saturated carbocycles. The summed E-state index contributed by atoms with van der Waals surface area (Å²) in [5, 5.41) is 3.05. The molecule has 0 saturated heterocycles. The highest BCUT2D eigenvalue weighted by Crippen LogP contribution is 2.00. The van der Waals surface area contributed by atoms with Crippen molar-refractivity contribution in [3.63, 3.8) is 0 Å². The molecule has 13 heavy (non-hydrogen) atoms. The van der Waals surface area contributed by atoms with Crippen LogP contribution in [0, 0.1) is 0 Å². The van der Waals surface area contributed by atoms with Crippen LogP contribution in [0.4, 0.5) is 11.6 Å². The number of rotatable bonds is 5. The van der Waals surface area contributed by atoms with E-state index in [0.29, 0.717) is 18.2 Å². The number of nitrogens with one attached hydrogen (secondary N) is 1. The van der Waals surface area contributed by atoms with Gasteiger partial charge in [0.2, 0.25) is 0 Å². The molecule has 1 aromatic rings. The lowest BCUT2D eigenvalue weighted by molar-refractivity contribution is 0.158. The van der Waals surface area contributed by atoms with Crippen LogP contribution in [0.25, 0.3) is 0 Å². The van der Waals surface area contributed by atoms with Gasteiger partial charge in [0.1, 0.15) is 11.6 Å². The second kappa shape index (κ2) is 5.31. The zero-order chi connectivity index (χ0) is 9.52. The average molecular weight is 182 g/mol. The first-order chi connectivity index (χ1) is 6.33. The number of hydrogen-bond acceptors (Lipinski definition) is 5. The summed E-state index contributed by atoms with van der Waals surface area (Å²) in [5.74, 6) is 1.14. The van der Waals surface area contributed by atoms with Crippen LogP contribution < -0.4 is 11.1 Å². The largest absolute Gasteiger partial charge is 0.382 e. The standard InChI is InChI=1S/C8H14N4O/c1-2-13-4-3-10-8-6-11-7(9)5-12-8/h5-6H,2-4H2,1H3,(H2,9,11)(H,10,12). The lowest BCUT2D eigenvalue weighted by Crippen LogP contribution is -2.10. The molecule has 5 nitrogen and oxygen atoms in total. The molecule has 72 valence electrons. The highest BCUT2D eigenvalue weighted by Gasteiger charge is 1.92. The minimum absolute atomic E-state index is 0.426. The van der Waals surface area contributed by atoms with Gasteiger partial charge in [-0.25, -0.2) is 9.97 Å². The van der Waals surface area contributed by atoms with E-state index in [1.165, 1.54) is 6.20 Å². The number of nitrogens with zero attached hydrogens (tertiary/aromatic N) is 2. The lowest BCUT2D eigenvalue weighted by atomic mass is 10.6. The average Bonchev–Trinajstić information content (AvgIpc) is 2.15. The van der Waals surface area contributed by atoms with Gasteiger partial charge in [0.15, 0.2) is 0 Å². The van der Waals surface area contributed by atoms with Crippen molar-refractivity contribution in [1.29, 1.82) is 0 Å². The monoisotopic (exact) mass is 182 g/mol. The summed E-state index contributed by atoms with van der Waals surface area (Å²) >= 11 is 0. The van der Waals surface area contributed by atoms with Crippen molar-refractivity contribution in [2.45, 2.75) is 6.92 Å². The SMILES string of the molecule is CCOCCNc1cnc(N)cn1. The quantitative estimate of drug-likeness (QED) is 0.649. The Hall–Kier alpha value is -1.36. The van der Waals surface area contributed by atoms with Gasteiger partial charge in [0.05, 0.1) is 19.0 Å². The molecule has 0 aromatic carbocycles. The van der Waals surface area contributed by atoms with Gasteiger partial charge in [-0.2, -0.15) is 0 Å². The molecule has 0 unspecified atom stereocenters. The van der Waals surface area contributed by atoms with Crippen molar-refractivity contribution in [3.05, 3.63) is 12.4 Å². The fourth-order valence-electron chi connectivity index (χ4n) is 0.825. The Bertz CT molecular complexity index is 236. The van der Waals surface area contributed by atoms with Crippen LogP contribution in [-0.2, 0) is 4.74 Å². The molecule has 0 fully saturated rings. The molecule has 0 amide bonds. The van der Waals surface area contributed by atoms with Gasteiger partial charge < -0.3 is 15.8 Å². The van der Waals surface area contributed by atoms with Gasteiger partial charge in [0.25, 0.3) is 0 Å². The molecule has 0 spiro atoms. The summed E-state index contributed by atoms with van der Waals surface area (Å²) in [4.78, 5) is 7.91. The number of hydrogen-bond donors (Lipinski definition) is 2. The third kappa shape index (κ3) is 3.71. The number of nitrogens with two attached hydrogens (primary N) is 1. The molecule has 1 rings (SSSR count). The topological polar surface area (TPSA) is 73.1 Å². The van der Waals surface area contributed by atoms with E-state index in [1.54, 1.807) is 6.20 Å². The van der Waals surface area contributed by atoms with Gasteiger partial charge in [0, 0.05) is 13.2 Å². The maximum absolute atomic E-state index is 5.38. The Balaban J connectivity index is 2.25. The molecule has 1 aromatic heterocycles. The molecule has 5 heteroatoms. The molecule has 1 heterocycles. The van der Waals surface area contributed by atoms with Crippen molar-refractivity contribution in [3.8, 4) is 0 Å². The maximum Gasteiger partial charge on any atom is 0.144 e. The van der Waals surface area contributed by atoms with Gasteiger partial charge in [-0.05, 0) is 6.92 Å². The summed E-state index contributed by atoms with van der Waals surface area (Å²) in [6, 6.07) is 0. The first kappa shape index (κ1) is 9.73. The van der Waals surface area contributed by atoms with Gasteiger partial charge in [-0.15, -0.1) is 0 Å². The number of aromatic nitrogens is 2. The lowest BCUT2D eigenvalue weighted by Gasteiger charge is -2.04.